The first-order valence-corrected chi connectivity index (χ1v) is 8.91. The van der Waals surface area contributed by atoms with Gasteiger partial charge in [-0.3, -0.25) is 0 Å². The molecule has 4 heteroatoms. The second-order valence-electron chi connectivity index (χ2n) is 5.93. The summed E-state index contributed by atoms with van der Waals surface area (Å²) in [4.78, 5) is 10.9. The van der Waals surface area contributed by atoms with Gasteiger partial charge >= 0.3 is 5.97 Å². The summed E-state index contributed by atoms with van der Waals surface area (Å²) in [6.07, 6.45) is 3.29. The molecule has 0 saturated heterocycles. The van der Waals surface area contributed by atoms with E-state index < -0.39 is 8.32 Å². The summed E-state index contributed by atoms with van der Waals surface area (Å²) in [6.45, 7) is 13.8. The van der Waals surface area contributed by atoms with Crippen LogP contribution in [0.1, 0.15) is 27.7 Å². The van der Waals surface area contributed by atoms with Crippen LogP contribution in [-0.2, 0) is 14.0 Å². The van der Waals surface area contributed by atoms with E-state index >= 15 is 0 Å². The van der Waals surface area contributed by atoms with Crippen LogP contribution in [0.5, 0.6) is 0 Å². The zero-order valence-electron chi connectivity index (χ0n) is 12.2. The lowest BCUT2D eigenvalue weighted by molar-refractivity contribution is -0.134. The van der Waals surface area contributed by atoms with E-state index in [1.54, 1.807) is 0 Å². The van der Waals surface area contributed by atoms with Gasteiger partial charge in [-0.25, -0.2) is 4.79 Å². The van der Waals surface area contributed by atoms with Crippen molar-refractivity contribution in [2.45, 2.75) is 45.8 Å². The van der Waals surface area contributed by atoms with E-state index in [-0.39, 0.29) is 16.9 Å². The zero-order chi connectivity index (χ0) is 13.7. The van der Waals surface area contributed by atoms with E-state index in [2.05, 4.69) is 38.6 Å². The minimum atomic E-state index is -1.68. The van der Waals surface area contributed by atoms with Gasteiger partial charge in [0.2, 0.25) is 0 Å². The number of carbonyl (C=O) groups is 1. The number of hydrogen-bond acceptors (Lipinski definition) is 3. The van der Waals surface area contributed by atoms with Crippen molar-refractivity contribution in [3.05, 3.63) is 12.2 Å². The molecule has 0 aromatic rings. The highest BCUT2D eigenvalue weighted by Gasteiger charge is 2.37. The molecular formula is C13H26O3Si. The quantitative estimate of drug-likeness (QED) is 0.431. The van der Waals surface area contributed by atoms with Crippen molar-refractivity contribution in [1.29, 1.82) is 0 Å². The minimum Gasteiger partial charge on any atom is -0.466 e. The third-order valence-electron chi connectivity index (χ3n) is 3.28. The average Bonchev–Trinajstić information content (AvgIpc) is 2.21. The molecule has 0 bridgehead atoms. The van der Waals surface area contributed by atoms with Gasteiger partial charge in [-0.15, -0.1) is 0 Å². The molecule has 0 spiro atoms. The van der Waals surface area contributed by atoms with Gasteiger partial charge in [0.15, 0.2) is 8.32 Å². The Bertz CT molecular complexity index is 277. The van der Waals surface area contributed by atoms with Crippen molar-refractivity contribution in [2.24, 2.45) is 5.92 Å². The zero-order valence-corrected chi connectivity index (χ0v) is 13.2. The molecule has 0 amide bonds. The molecule has 0 fully saturated rings. The molecule has 0 heterocycles. The molecule has 0 aliphatic rings. The molecule has 1 atom stereocenters. The summed E-state index contributed by atoms with van der Waals surface area (Å²) in [7, 11) is -0.304. The normalized spacial score (nSPS) is 15.0. The Kier molecular flexibility index (Phi) is 6.13. The van der Waals surface area contributed by atoms with E-state index in [0.29, 0.717) is 6.61 Å². The van der Waals surface area contributed by atoms with Gasteiger partial charge in [-0.1, -0.05) is 33.8 Å². The molecule has 100 valence electrons. The van der Waals surface area contributed by atoms with Gasteiger partial charge < -0.3 is 9.16 Å². The third kappa shape index (κ3) is 6.03. The lowest BCUT2D eigenvalue weighted by Crippen LogP contribution is -2.41. The van der Waals surface area contributed by atoms with Gasteiger partial charge in [0.1, 0.15) is 0 Å². The molecule has 0 N–H and O–H groups in total. The maximum Gasteiger partial charge on any atom is 0.330 e. The smallest absolute Gasteiger partial charge is 0.330 e. The highest BCUT2D eigenvalue weighted by Crippen LogP contribution is 2.36. The summed E-state index contributed by atoms with van der Waals surface area (Å²) < 4.78 is 10.6. The fourth-order valence-electron chi connectivity index (χ4n) is 0.923. The van der Waals surface area contributed by atoms with Crippen molar-refractivity contribution >= 4 is 14.3 Å². The second-order valence-corrected chi connectivity index (χ2v) is 10.7. The number of ether oxygens (including phenoxy) is 1. The maximum absolute atomic E-state index is 10.9. The molecule has 0 radical (unpaired) electrons. The largest absolute Gasteiger partial charge is 0.466 e. The molecule has 0 unspecified atom stereocenters. The van der Waals surface area contributed by atoms with Crippen LogP contribution in [-0.4, -0.2) is 28.0 Å². The van der Waals surface area contributed by atoms with Crippen molar-refractivity contribution in [2.75, 3.05) is 13.7 Å². The number of rotatable bonds is 5. The van der Waals surface area contributed by atoms with Crippen LogP contribution in [0.2, 0.25) is 18.1 Å². The van der Waals surface area contributed by atoms with E-state index in [1.165, 1.54) is 13.2 Å². The number of carbonyl (C=O) groups excluding carboxylic acids is 1. The molecule has 3 nitrogen and oxygen atoms in total. The Morgan fingerprint density at radius 2 is 1.88 bits per heavy atom. The predicted octanol–water partition coefficient (Wildman–Crippen LogP) is 3.37. The summed E-state index contributed by atoms with van der Waals surface area (Å²) in [5, 5.41) is 0.221. The topological polar surface area (TPSA) is 35.5 Å². The van der Waals surface area contributed by atoms with Crippen molar-refractivity contribution in [3.8, 4) is 0 Å². The Hall–Kier alpha value is -0.613. The monoisotopic (exact) mass is 258 g/mol. The summed E-state index contributed by atoms with van der Waals surface area (Å²) in [5.74, 6) is -0.0904. The molecule has 0 aromatic heterocycles. The van der Waals surface area contributed by atoms with Crippen LogP contribution in [0.25, 0.3) is 0 Å². The van der Waals surface area contributed by atoms with Crippen molar-refractivity contribution < 1.29 is 14.0 Å². The van der Waals surface area contributed by atoms with Crippen molar-refractivity contribution in [3.63, 3.8) is 0 Å². The molecule has 0 aromatic carbocycles. The lowest BCUT2D eigenvalue weighted by Gasteiger charge is -2.36. The van der Waals surface area contributed by atoms with Crippen LogP contribution in [0.4, 0.5) is 0 Å². The third-order valence-corrected chi connectivity index (χ3v) is 7.78. The Morgan fingerprint density at radius 1 is 1.35 bits per heavy atom. The van der Waals surface area contributed by atoms with Crippen LogP contribution in [0.15, 0.2) is 12.2 Å². The number of esters is 1. The van der Waals surface area contributed by atoms with E-state index in [9.17, 15) is 4.79 Å². The minimum absolute atomic E-state index is 0.221. The van der Waals surface area contributed by atoms with Gasteiger partial charge in [0, 0.05) is 12.7 Å². The molecule has 0 aliphatic carbocycles. The first-order chi connectivity index (χ1) is 7.60. The summed E-state index contributed by atoms with van der Waals surface area (Å²) >= 11 is 0. The van der Waals surface area contributed by atoms with Gasteiger partial charge in [0.05, 0.1) is 7.11 Å². The highest BCUT2D eigenvalue weighted by atomic mass is 28.4. The summed E-state index contributed by atoms with van der Waals surface area (Å²) in [6, 6.07) is 0. The van der Waals surface area contributed by atoms with Crippen LogP contribution >= 0.6 is 0 Å². The van der Waals surface area contributed by atoms with E-state index in [0.717, 1.165) is 0 Å². The molecule has 0 rings (SSSR count). The Balaban J connectivity index is 4.21. The molecule has 17 heavy (non-hydrogen) atoms. The first-order valence-electron chi connectivity index (χ1n) is 6.00. The lowest BCUT2D eigenvalue weighted by atomic mass is 10.2. The van der Waals surface area contributed by atoms with E-state index in [4.69, 9.17) is 4.43 Å². The fourth-order valence-corrected chi connectivity index (χ4v) is 2.04. The van der Waals surface area contributed by atoms with Crippen molar-refractivity contribution in [1.82, 2.24) is 0 Å². The Labute approximate surface area is 106 Å². The second kappa shape index (κ2) is 6.35. The summed E-state index contributed by atoms with van der Waals surface area (Å²) in [5.41, 5.74) is 0. The van der Waals surface area contributed by atoms with Gasteiger partial charge in [-0.2, -0.15) is 0 Å². The Morgan fingerprint density at radius 3 is 2.29 bits per heavy atom. The SMILES string of the molecule is COC(=O)/C=C/[C@H](C)CO[Si](C)(C)C(C)(C)C. The van der Waals surface area contributed by atoms with Crippen LogP contribution < -0.4 is 0 Å². The number of methoxy groups -OCH3 is 1. The van der Waals surface area contributed by atoms with Gasteiger partial charge in [0.25, 0.3) is 0 Å². The molecule has 0 saturated carbocycles. The first kappa shape index (κ1) is 16.4. The molecule has 0 aliphatic heterocycles. The van der Waals surface area contributed by atoms with E-state index in [1.807, 2.05) is 13.0 Å². The maximum atomic E-state index is 10.9. The van der Waals surface area contributed by atoms with Crippen LogP contribution in [0.3, 0.4) is 0 Å². The average molecular weight is 258 g/mol. The van der Waals surface area contributed by atoms with Gasteiger partial charge in [-0.05, 0) is 24.1 Å². The number of hydrogen-bond donors (Lipinski definition) is 0. The fraction of sp³-hybridized carbons (Fsp3) is 0.769. The highest BCUT2D eigenvalue weighted by molar-refractivity contribution is 6.74. The standard InChI is InChI=1S/C13H26O3Si/c1-11(8-9-12(14)15-5)10-16-17(6,7)13(2,3)4/h8-9,11H,10H2,1-7H3/b9-8+/t11-/m0/s1. The predicted molar refractivity (Wildman–Crippen MR) is 73.5 cm³/mol. The van der Waals surface area contributed by atoms with Crippen LogP contribution in [0, 0.1) is 5.92 Å². The molecular weight excluding hydrogens is 232 g/mol.